The van der Waals surface area contributed by atoms with E-state index < -0.39 is 17.7 Å². The number of benzene rings is 1. The fraction of sp³-hybridized carbons (Fsp3) is 0.429. The first-order valence-electron chi connectivity index (χ1n) is 5.77. The van der Waals surface area contributed by atoms with Gasteiger partial charge in [-0.3, -0.25) is 0 Å². The molecule has 4 heteroatoms. The minimum Gasteiger partial charge on any atom is -0.444 e. The molecule has 0 aliphatic carbocycles. The molecule has 1 aromatic carbocycles. The minimum atomic E-state index is -0.694. The summed E-state index contributed by atoms with van der Waals surface area (Å²) in [4.78, 5) is 11.6. The zero-order valence-electron chi connectivity index (χ0n) is 11.2. The molecule has 1 unspecified atom stereocenters. The van der Waals surface area contributed by atoms with E-state index in [0.29, 0.717) is 0 Å². The molecule has 0 saturated carbocycles. The van der Waals surface area contributed by atoms with E-state index in [1.54, 1.807) is 20.8 Å². The lowest BCUT2D eigenvalue weighted by atomic mass is 10.1. The molecule has 1 atom stereocenters. The second-order valence-corrected chi connectivity index (χ2v) is 5.12. The van der Waals surface area contributed by atoms with E-state index in [2.05, 4.69) is 5.32 Å². The van der Waals surface area contributed by atoms with Crippen LogP contribution in [-0.4, -0.2) is 11.7 Å². The van der Waals surface area contributed by atoms with E-state index in [9.17, 15) is 4.79 Å². The van der Waals surface area contributed by atoms with Crippen LogP contribution in [0.25, 0.3) is 0 Å². The van der Waals surface area contributed by atoms with Crippen LogP contribution < -0.4 is 5.32 Å². The van der Waals surface area contributed by atoms with Gasteiger partial charge in [0.05, 0.1) is 6.07 Å². The molecule has 18 heavy (non-hydrogen) atoms. The fourth-order valence-corrected chi connectivity index (χ4v) is 1.37. The van der Waals surface area contributed by atoms with Crippen molar-refractivity contribution in [2.75, 3.05) is 0 Å². The quantitative estimate of drug-likeness (QED) is 0.872. The molecule has 96 valence electrons. The first-order valence-corrected chi connectivity index (χ1v) is 5.77. The smallest absolute Gasteiger partial charge is 0.408 e. The molecule has 0 saturated heterocycles. The molecule has 4 nitrogen and oxygen atoms in total. The number of aryl methyl sites for hydroxylation is 1. The number of hydrogen-bond acceptors (Lipinski definition) is 3. The van der Waals surface area contributed by atoms with Crippen LogP contribution in [0.15, 0.2) is 24.3 Å². The van der Waals surface area contributed by atoms with E-state index in [1.165, 1.54) is 0 Å². The van der Waals surface area contributed by atoms with Crippen molar-refractivity contribution in [3.05, 3.63) is 35.4 Å². The van der Waals surface area contributed by atoms with E-state index >= 15 is 0 Å². The van der Waals surface area contributed by atoms with Gasteiger partial charge in [0.25, 0.3) is 0 Å². The molecule has 0 fully saturated rings. The number of carbonyl (C=O) groups excluding carboxylic acids is 1. The Morgan fingerprint density at radius 2 is 1.89 bits per heavy atom. The number of nitrogens with zero attached hydrogens (tertiary/aromatic N) is 1. The predicted octanol–water partition coefficient (Wildman–Crippen LogP) is 3.08. The van der Waals surface area contributed by atoms with Gasteiger partial charge in [0.2, 0.25) is 0 Å². The molecular weight excluding hydrogens is 228 g/mol. The highest BCUT2D eigenvalue weighted by Crippen LogP contribution is 2.14. The summed E-state index contributed by atoms with van der Waals surface area (Å²) in [6.45, 7) is 7.30. The summed E-state index contributed by atoms with van der Waals surface area (Å²) >= 11 is 0. The number of carbonyl (C=O) groups is 1. The van der Waals surface area contributed by atoms with E-state index in [1.807, 2.05) is 37.3 Å². The molecule has 0 aliphatic heterocycles. The Morgan fingerprint density at radius 1 is 1.33 bits per heavy atom. The summed E-state index contributed by atoms with van der Waals surface area (Å²) in [5.41, 5.74) is 1.28. The maximum atomic E-state index is 11.6. The van der Waals surface area contributed by atoms with Gasteiger partial charge in [-0.05, 0) is 33.3 Å². The molecule has 1 aromatic rings. The Balaban J connectivity index is 2.72. The zero-order chi connectivity index (χ0) is 13.8. The zero-order valence-corrected chi connectivity index (χ0v) is 11.2. The van der Waals surface area contributed by atoms with Crippen LogP contribution >= 0.6 is 0 Å². The molecule has 1 amide bonds. The normalized spacial score (nSPS) is 12.4. The van der Waals surface area contributed by atoms with Crippen LogP contribution in [0.5, 0.6) is 0 Å². The van der Waals surface area contributed by atoms with Gasteiger partial charge in [-0.15, -0.1) is 0 Å². The predicted molar refractivity (Wildman–Crippen MR) is 68.9 cm³/mol. The van der Waals surface area contributed by atoms with Gasteiger partial charge in [-0.25, -0.2) is 4.79 Å². The molecule has 0 aromatic heterocycles. The fourth-order valence-electron chi connectivity index (χ4n) is 1.37. The van der Waals surface area contributed by atoms with Gasteiger partial charge in [0.1, 0.15) is 11.6 Å². The summed E-state index contributed by atoms with van der Waals surface area (Å²) in [7, 11) is 0. The van der Waals surface area contributed by atoms with Gasteiger partial charge < -0.3 is 10.1 Å². The van der Waals surface area contributed by atoms with Crippen molar-refractivity contribution in [2.24, 2.45) is 0 Å². The average Bonchev–Trinajstić information content (AvgIpc) is 2.25. The van der Waals surface area contributed by atoms with Gasteiger partial charge in [0.15, 0.2) is 0 Å². The summed E-state index contributed by atoms with van der Waals surface area (Å²) in [6.07, 6.45) is -0.588. The molecule has 0 heterocycles. The number of nitriles is 1. The van der Waals surface area contributed by atoms with Crippen LogP contribution in [0.3, 0.4) is 0 Å². The molecule has 1 N–H and O–H groups in total. The number of hydrogen-bond donors (Lipinski definition) is 1. The summed E-state index contributed by atoms with van der Waals surface area (Å²) < 4.78 is 5.11. The SMILES string of the molecule is Cc1ccc(C(C#N)NC(=O)OC(C)(C)C)cc1. The number of rotatable bonds is 2. The molecule has 0 spiro atoms. The lowest BCUT2D eigenvalue weighted by Crippen LogP contribution is -2.34. The van der Waals surface area contributed by atoms with Gasteiger partial charge in [-0.2, -0.15) is 5.26 Å². The Labute approximate surface area is 108 Å². The monoisotopic (exact) mass is 246 g/mol. The van der Waals surface area contributed by atoms with Crippen LogP contribution in [-0.2, 0) is 4.74 Å². The maximum absolute atomic E-state index is 11.6. The summed E-state index contributed by atoms with van der Waals surface area (Å²) in [5, 5.41) is 11.6. The topological polar surface area (TPSA) is 62.1 Å². The highest BCUT2D eigenvalue weighted by molar-refractivity contribution is 5.69. The van der Waals surface area contributed by atoms with Gasteiger partial charge >= 0.3 is 6.09 Å². The molecule has 0 bridgehead atoms. The maximum Gasteiger partial charge on any atom is 0.408 e. The largest absolute Gasteiger partial charge is 0.444 e. The Morgan fingerprint density at radius 3 is 2.33 bits per heavy atom. The van der Waals surface area contributed by atoms with E-state index in [-0.39, 0.29) is 0 Å². The number of nitrogens with one attached hydrogen (secondary N) is 1. The van der Waals surface area contributed by atoms with E-state index in [0.717, 1.165) is 11.1 Å². The lowest BCUT2D eigenvalue weighted by molar-refractivity contribution is 0.0515. The third kappa shape index (κ3) is 4.46. The van der Waals surface area contributed by atoms with Crippen molar-refractivity contribution < 1.29 is 9.53 Å². The Bertz CT molecular complexity index is 452. The Kier molecular flexibility index (Phi) is 4.33. The molecule has 0 radical (unpaired) electrons. The van der Waals surface area contributed by atoms with Crippen molar-refractivity contribution in [1.29, 1.82) is 5.26 Å². The van der Waals surface area contributed by atoms with Crippen LogP contribution in [0, 0.1) is 18.3 Å². The lowest BCUT2D eigenvalue weighted by Gasteiger charge is -2.21. The van der Waals surface area contributed by atoms with Crippen molar-refractivity contribution in [2.45, 2.75) is 39.3 Å². The molecular formula is C14H18N2O2. The highest BCUT2D eigenvalue weighted by atomic mass is 16.6. The van der Waals surface area contributed by atoms with Crippen molar-refractivity contribution in [3.8, 4) is 6.07 Å². The minimum absolute atomic E-state index is 0.572. The highest BCUT2D eigenvalue weighted by Gasteiger charge is 2.20. The van der Waals surface area contributed by atoms with Gasteiger partial charge in [0, 0.05) is 0 Å². The first kappa shape index (κ1) is 14.0. The van der Waals surface area contributed by atoms with Gasteiger partial charge in [-0.1, -0.05) is 29.8 Å². The number of alkyl carbamates (subject to hydrolysis) is 1. The summed E-state index contributed by atoms with van der Waals surface area (Å²) in [6, 6.07) is 8.79. The summed E-state index contributed by atoms with van der Waals surface area (Å²) in [5.74, 6) is 0. The van der Waals surface area contributed by atoms with E-state index in [4.69, 9.17) is 10.00 Å². The van der Waals surface area contributed by atoms with Crippen LogP contribution in [0.1, 0.15) is 37.9 Å². The third-order valence-corrected chi connectivity index (χ3v) is 2.20. The van der Waals surface area contributed by atoms with Crippen molar-refractivity contribution in [3.63, 3.8) is 0 Å². The third-order valence-electron chi connectivity index (χ3n) is 2.20. The molecule has 0 aliphatic rings. The van der Waals surface area contributed by atoms with Crippen molar-refractivity contribution >= 4 is 6.09 Å². The van der Waals surface area contributed by atoms with Crippen molar-refractivity contribution in [1.82, 2.24) is 5.32 Å². The first-order chi connectivity index (χ1) is 8.31. The number of ether oxygens (including phenoxy) is 1. The van der Waals surface area contributed by atoms with Crippen LogP contribution in [0.4, 0.5) is 4.79 Å². The number of amides is 1. The second-order valence-electron chi connectivity index (χ2n) is 5.12. The standard InChI is InChI=1S/C14H18N2O2/c1-10-5-7-11(8-6-10)12(9-15)16-13(17)18-14(2,3)4/h5-8,12H,1-4H3,(H,16,17). The van der Waals surface area contributed by atoms with Crippen LogP contribution in [0.2, 0.25) is 0 Å². The average molecular weight is 246 g/mol. The molecule has 1 rings (SSSR count). The second kappa shape index (κ2) is 5.54. The Hall–Kier alpha value is -2.02.